The number of amides is 1. The molecule has 4 rings (SSSR count). The molecule has 164 valence electrons. The van der Waals surface area contributed by atoms with Crippen LogP contribution in [0.1, 0.15) is 37.7 Å². The fourth-order valence-corrected chi connectivity index (χ4v) is 4.41. The predicted octanol–water partition coefficient (Wildman–Crippen LogP) is 4.99. The minimum atomic E-state index is -0.846. The van der Waals surface area contributed by atoms with Gasteiger partial charge in [0.1, 0.15) is 10.8 Å². The van der Waals surface area contributed by atoms with Crippen LogP contribution < -0.4 is 10.6 Å². The maximum atomic E-state index is 14.2. The highest BCUT2D eigenvalue weighted by atomic mass is 35.5. The van der Waals surface area contributed by atoms with E-state index in [-0.39, 0.29) is 27.8 Å². The third-order valence-electron chi connectivity index (χ3n) is 5.64. The molecule has 1 unspecified atom stereocenters. The Hall–Kier alpha value is -3.52. The summed E-state index contributed by atoms with van der Waals surface area (Å²) in [6, 6.07) is 9.98. The molecule has 0 radical (unpaired) electrons. The van der Waals surface area contributed by atoms with Crippen molar-refractivity contribution in [3.8, 4) is 0 Å². The van der Waals surface area contributed by atoms with Crippen LogP contribution in [0.4, 0.5) is 15.8 Å². The maximum absolute atomic E-state index is 14.2. The molecule has 1 amide bonds. The number of nitrogens with one attached hydrogen (secondary N) is 2. The van der Waals surface area contributed by atoms with Crippen molar-refractivity contribution in [1.29, 1.82) is 0 Å². The Balaban J connectivity index is 1.85. The van der Waals surface area contributed by atoms with Gasteiger partial charge in [0.05, 0.1) is 10.6 Å². The molecule has 0 bridgehead atoms. The predicted molar refractivity (Wildman–Crippen MR) is 118 cm³/mol. The first kappa shape index (κ1) is 21.7. The van der Waals surface area contributed by atoms with Crippen molar-refractivity contribution >= 4 is 34.7 Å². The molecule has 2 aliphatic rings. The first-order valence-electron chi connectivity index (χ1n) is 10.0. The summed E-state index contributed by atoms with van der Waals surface area (Å²) in [6.07, 6.45) is 1.60. The van der Waals surface area contributed by atoms with Crippen molar-refractivity contribution in [3.05, 3.63) is 91.5 Å². The number of nitrogens with zero attached hydrogens (tertiary/aromatic N) is 1. The van der Waals surface area contributed by atoms with Crippen molar-refractivity contribution in [2.45, 2.75) is 32.1 Å². The lowest BCUT2D eigenvalue weighted by Gasteiger charge is -2.34. The highest BCUT2D eigenvalue weighted by molar-refractivity contribution is 6.32. The zero-order valence-corrected chi connectivity index (χ0v) is 17.8. The topological polar surface area (TPSA) is 101 Å². The fourth-order valence-electron chi connectivity index (χ4n) is 4.22. The number of benzene rings is 2. The van der Waals surface area contributed by atoms with E-state index in [4.69, 9.17) is 11.6 Å². The second-order valence-electron chi connectivity index (χ2n) is 7.67. The van der Waals surface area contributed by atoms with Crippen molar-refractivity contribution in [2.24, 2.45) is 0 Å². The van der Waals surface area contributed by atoms with Crippen LogP contribution in [0.5, 0.6) is 0 Å². The molecule has 1 heterocycles. The number of hydrogen-bond acceptors (Lipinski definition) is 5. The van der Waals surface area contributed by atoms with Crippen molar-refractivity contribution in [3.63, 3.8) is 0 Å². The summed E-state index contributed by atoms with van der Waals surface area (Å²) in [5, 5.41) is 17.1. The minimum Gasteiger partial charge on any atom is -0.362 e. The largest absolute Gasteiger partial charge is 0.362 e. The van der Waals surface area contributed by atoms with E-state index in [2.05, 4.69) is 10.6 Å². The Morgan fingerprint density at radius 2 is 2.00 bits per heavy atom. The molecule has 7 nitrogen and oxygen atoms in total. The standard InChI is InChI=1S/C23H19ClFN3O4/c1-12-20(23(30)27-16-6-3-2-5-15(16)25)21(22-17(26-12)7-4-8-19(22)29)13-9-10-14(24)18(11-13)28(31)32/h2-3,5-6,9-11,21,26H,4,7-8H2,1H3,(H,27,30). The number of dihydropyridines is 1. The fraction of sp³-hybridized carbons (Fsp3) is 0.217. The molecule has 1 aliphatic carbocycles. The number of para-hydroxylation sites is 1. The molecule has 0 fully saturated rings. The number of ketones is 1. The van der Waals surface area contributed by atoms with E-state index in [0.717, 1.165) is 0 Å². The van der Waals surface area contributed by atoms with Gasteiger partial charge < -0.3 is 10.6 Å². The molecule has 0 saturated carbocycles. The van der Waals surface area contributed by atoms with Gasteiger partial charge in [0.15, 0.2) is 5.78 Å². The Morgan fingerprint density at radius 1 is 1.25 bits per heavy atom. The van der Waals surface area contributed by atoms with E-state index in [1.807, 2.05) is 0 Å². The summed E-state index contributed by atoms with van der Waals surface area (Å²) < 4.78 is 14.2. The summed E-state index contributed by atoms with van der Waals surface area (Å²) >= 11 is 5.98. The number of rotatable bonds is 4. The molecular formula is C23H19ClFN3O4. The molecule has 9 heteroatoms. The van der Waals surface area contributed by atoms with Gasteiger partial charge in [-0.3, -0.25) is 19.7 Å². The van der Waals surface area contributed by atoms with Gasteiger partial charge in [-0.1, -0.05) is 29.8 Å². The van der Waals surface area contributed by atoms with Crippen LogP contribution in [0.25, 0.3) is 0 Å². The number of nitro groups is 1. The van der Waals surface area contributed by atoms with Crippen LogP contribution in [-0.2, 0) is 9.59 Å². The molecule has 2 aromatic rings. The molecule has 32 heavy (non-hydrogen) atoms. The smallest absolute Gasteiger partial charge is 0.288 e. The van der Waals surface area contributed by atoms with Gasteiger partial charge in [-0.2, -0.15) is 0 Å². The molecule has 0 saturated heterocycles. The lowest BCUT2D eigenvalue weighted by Crippen LogP contribution is -2.35. The van der Waals surface area contributed by atoms with E-state index >= 15 is 0 Å². The highest BCUT2D eigenvalue weighted by Crippen LogP contribution is 2.44. The van der Waals surface area contributed by atoms with Gasteiger partial charge in [-0.05, 0) is 43.5 Å². The Labute approximate surface area is 188 Å². The lowest BCUT2D eigenvalue weighted by molar-refractivity contribution is -0.384. The quantitative estimate of drug-likeness (QED) is 0.499. The number of nitro benzene ring substituents is 1. The van der Waals surface area contributed by atoms with E-state index in [0.29, 0.717) is 41.8 Å². The number of carbonyl (C=O) groups is 2. The second kappa shape index (κ2) is 8.55. The van der Waals surface area contributed by atoms with Crippen LogP contribution in [0.2, 0.25) is 5.02 Å². The Morgan fingerprint density at radius 3 is 2.72 bits per heavy atom. The molecule has 2 N–H and O–H groups in total. The molecular weight excluding hydrogens is 437 g/mol. The van der Waals surface area contributed by atoms with Crippen LogP contribution >= 0.6 is 11.6 Å². The van der Waals surface area contributed by atoms with Crippen molar-refractivity contribution in [1.82, 2.24) is 5.32 Å². The van der Waals surface area contributed by atoms with Gasteiger partial charge in [0, 0.05) is 40.9 Å². The third kappa shape index (κ3) is 3.89. The minimum absolute atomic E-state index is 0.00613. The SMILES string of the molecule is CC1=C(C(=O)Nc2ccccc2F)C(c2ccc(Cl)c([N+](=O)[O-])c2)C2=C(CCCC2=O)N1. The summed E-state index contributed by atoms with van der Waals surface area (Å²) in [7, 11) is 0. The Kier molecular flexibility index (Phi) is 5.80. The van der Waals surface area contributed by atoms with Gasteiger partial charge in [0.2, 0.25) is 0 Å². The molecule has 2 aromatic carbocycles. The summed E-state index contributed by atoms with van der Waals surface area (Å²) in [5.41, 5.74) is 1.85. The summed E-state index contributed by atoms with van der Waals surface area (Å²) in [4.78, 5) is 37.1. The summed E-state index contributed by atoms with van der Waals surface area (Å²) in [5.74, 6) is -2.19. The first-order valence-corrected chi connectivity index (χ1v) is 10.4. The van der Waals surface area contributed by atoms with Crippen molar-refractivity contribution < 1.29 is 18.9 Å². The lowest BCUT2D eigenvalue weighted by atomic mass is 9.75. The van der Waals surface area contributed by atoms with E-state index in [1.165, 1.54) is 30.3 Å². The normalized spacial score (nSPS) is 18.2. The first-order chi connectivity index (χ1) is 15.3. The number of anilines is 1. The average molecular weight is 456 g/mol. The third-order valence-corrected chi connectivity index (χ3v) is 5.96. The van der Waals surface area contributed by atoms with Gasteiger partial charge in [-0.25, -0.2) is 4.39 Å². The van der Waals surface area contributed by atoms with E-state index in [1.54, 1.807) is 19.1 Å². The molecule has 0 aromatic heterocycles. The average Bonchev–Trinajstić information content (AvgIpc) is 2.74. The number of carbonyl (C=O) groups excluding carboxylic acids is 2. The van der Waals surface area contributed by atoms with E-state index in [9.17, 15) is 24.1 Å². The molecule has 0 spiro atoms. The van der Waals surface area contributed by atoms with Gasteiger partial charge >= 0.3 is 0 Å². The van der Waals surface area contributed by atoms with Crippen LogP contribution in [-0.4, -0.2) is 16.6 Å². The van der Waals surface area contributed by atoms with Gasteiger partial charge in [0.25, 0.3) is 11.6 Å². The van der Waals surface area contributed by atoms with Gasteiger partial charge in [-0.15, -0.1) is 0 Å². The highest BCUT2D eigenvalue weighted by Gasteiger charge is 2.39. The Bertz CT molecular complexity index is 1220. The monoisotopic (exact) mass is 455 g/mol. The van der Waals surface area contributed by atoms with Crippen LogP contribution in [0.15, 0.2) is 65.0 Å². The number of halogens is 2. The molecule has 1 aliphatic heterocycles. The van der Waals surface area contributed by atoms with Crippen molar-refractivity contribution in [2.75, 3.05) is 5.32 Å². The summed E-state index contributed by atoms with van der Waals surface area (Å²) in [6.45, 7) is 1.69. The van der Waals surface area contributed by atoms with Crippen LogP contribution in [0.3, 0.4) is 0 Å². The zero-order chi connectivity index (χ0) is 23.0. The number of Topliss-reactive ketones (excluding diaryl/α,β-unsaturated/α-hetero) is 1. The number of hydrogen-bond donors (Lipinski definition) is 2. The molecule has 1 atom stereocenters. The van der Waals surface area contributed by atoms with Crippen LogP contribution in [0, 0.1) is 15.9 Å². The van der Waals surface area contributed by atoms with E-state index < -0.39 is 22.6 Å². The maximum Gasteiger partial charge on any atom is 0.288 e. The second-order valence-corrected chi connectivity index (χ2v) is 8.07. The zero-order valence-electron chi connectivity index (χ0n) is 17.1. The number of allylic oxidation sites excluding steroid dienone is 3.